The number of benzene rings is 1. The van der Waals surface area contributed by atoms with Crippen LogP contribution in [0.2, 0.25) is 0 Å². The molecule has 30 heavy (non-hydrogen) atoms. The zero-order chi connectivity index (χ0) is 20.8. The molecule has 0 atom stereocenters. The molecule has 0 bridgehead atoms. The third kappa shape index (κ3) is 2.98. The van der Waals surface area contributed by atoms with Crippen molar-refractivity contribution < 1.29 is 9.26 Å². The van der Waals surface area contributed by atoms with E-state index in [1.54, 1.807) is 7.11 Å². The van der Waals surface area contributed by atoms with Gasteiger partial charge in [-0.25, -0.2) is 4.98 Å². The Hall–Kier alpha value is -3.46. The number of nitrogens with zero attached hydrogens (tertiary/aromatic N) is 7. The maximum absolute atomic E-state index is 5.55. The first-order chi connectivity index (χ1) is 14.6. The molecule has 0 unspecified atom stereocenters. The summed E-state index contributed by atoms with van der Waals surface area (Å²) in [4.78, 5) is 11.2. The topological polar surface area (TPSA) is 87.0 Å². The predicted octanol–water partition coefficient (Wildman–Crippen LogP) is 2.78. The number of imidazole rings is 1. The third-order valence-electron chi connectivity index (χ3n) is 5.23. The van der Waals surface area contributed by atoms with Gasteiger partial charge in [0.05, 0.1) is 30.7 Å². The van der Waals surface area contributed by atoms with Crippen LogP contribution in [0.5, 0.6) is 5.75 Å². The number of hydrogen-bond acceptors (Lipinski definition) is 7. The molecule has 3 aromatic heterocycles. The first-order valence-electron chi connectivity index (χ1n) is 9.86. The standard InChI is InChI=1S/C21H23N7O2/c1-5-27-10-13-8-17-20(21-23-18(25-30-21)11-26(2)3)22-12-28(17)16-7-6-14(29-4)9-15(16)19(13)24-27/h6-7,9-10,12H,5,8,11H2,1-4H3. The number of aryl methyl sites for hydroxylation is 1. The van der Waals surface area contributed by atoms with Crippen LogP contribution in [0, 0.1) is 0 Å². The molecule has 9 nitrogen and oxygen atoms in total. The summed E-state index contributed by atoms with van der Waals surface area (Å²) in [7, 11) is 5.61. The number of fused-ring (bicyclic) bond motifs is 5. The average Bonchev–Trinajstić information content (AvgIpc) is 3.44. The second-order valence-electron chi connectivity index (χ2n) is 7.58. The van der Waals surface area contributed by atoms with E-state index in [9.17, 15) is 0 Å². The van der Waals surface area contributed by atoms with Crippen molar-refractivity contribution in [2.75, 3.05) is 21.2 Å². The van der Waals surface area contributed by atoms with E-state index in [4.69, 9.17) is 14.4 Å². The summed E-state index contributed by atoms with van der Waals surface area (Å²) < 4.78 is 15.1. The van der Waals surface area contributed by atoms with Gasteiger partial charge in [0, 0.05) is 30.3 Å². The molecule has 0 amide bonds. The van der Waals surface area contributed by atoms with Crippen molar-refractivity contribution in [1.29, 1.82) is 0 Å². The van der Waals surface area contributed by atoms with Gasteiger partial charge in [-0.2, -0.15) is 10.1 Å². The van der Waals surface area contributed by atoms with Crippen molar-refractivity contribution >= 4 is 0 Å². The van der Waals surface area contributed by atoms with Crippen LogP contribution in [0.3, 0.4) is 0 Å². The van der Waals surface area contributed by atoms with Crippen LogP contribution in [-0.2, 0) is 19.5 Å². The molecule has 0 N–H and O–H groups in total. The Balaban J connectivity index is 1.68. The van der Waals surface area contributed by atoms with E-state index in [2.05, 4.69) is 32.8 Å². The molecule has 154 valence electrons. The summed E-state index contributed by atoms with van der Waals surface area (Å²) in [5.41, 5.74) is 5.79. The predicted molar refractivity (Wildman–Crippen MR) is 111 cm³/mol. The van der Waals surface area contributed by atoms with Crippen molar-refractivity contribution in [1.82, 2.24) is 34.4 Å². The van der Waals surface area contributed by atoms with E-state index in [0.29, 0.717) is 30.4 Å². The number of ether oxygens (including phenoxy) is 1. The fraction of sp³-hybridized carbons (Fsp3) is 0.333. The summed E-state index contributed by atoms with van der Waals surface area (Å²) in [5, 5.41) is 8.92. The van der Waals surface area contributed by atoms with Crippen molar-refractivity contribution in [2.45, 2.75) is 26.4 Å². The molecular formula is C21H23N7O2. The fourth-order valence-corrected chi connectivity index (χ4v) is 3.83. The summed E-state index contributed by atoms with van der Waals surface area (Å²) in [5.74, 6) is 1.86. The number of hydrogen-bond donors (Lipinski definition) is 0. The van der Waals surface area contributed by atoms with Crippen LogP contribution < -0.4 is 4.74 Å². The van der Waals surface area contributed by atoms with Gasteiger partial charge in [-0.15, -0.1) is 0 Å². The SMILES string of the molecule is CCn1cc2c(n1)-c1cc(OC)ccc1-n1cnc(-c3nc(CN(C)C)no3)c1C2. The number of aromatic nitrogens is 6. The van der Waals surface area contributed by atoms with Crippen LogP contribution in [-0.4, -0.2) is 55.6 Å². The Morgan fingerprint density at radius 3 is 2.87 bits per heavy atom. The van der Waals surface area contributed by atoms with Crippen LogP contribution >= 0.6 is 0 Å². The molecule has 0 spiro atoms. The van der Waals surface area contributed by atoms with Crippen LogP contribution in [0.1, 0.15) is 24.0 Å². The lowest BCUT2D eigenvalue weighted by Crippen LogP contribution is -2.11. The van der Waals surface area contributed by atoms with Gasteiger partial charge >= 0.3 is 0 Å². The normalized spacial score (nSPS) is 12.4. The Labute approximate surface area is 173 Å². The highest BCUT2D eigenvalue weighted by Gasteiger charge is 2.27. The maximum atomic E-state index is 5.55. The molecule has 1 aliphatic rings. The second-order valence-corrected chi connectivity index (χ2v) is 7.58. The summed E-state index contributed by atoms with van der Waals surface area (Å²) in [6.07, 6.45) is 4.56. The molecule has 1 aliphatic heterocycles. The Kier molecular flexibility index (Phi) is 4.39. The van der Waals surface area contributed by atoms with Gasteiger partial charge in [0.1, 0.15) is 12.1 Å². The van der Waals surface area contributed by atoms with Gasteiger partial charge in [0.15, 0.2) is 11.5 Å². The second kappa shape index (κ2) is 7.10. The van der Waals surface area contributed by atoms with Gasteiger partial charge in [0.25, 0.3) is 5.89 Å². The highest BCUT2D eigenvalue weighted by molar-refractivity contribution is 5.77. The summed E-state index contributed by atoms with van der Waals surface area (Å²) in [6, 6.07) is 6.01. The lowest BCUT2D eigenvalue weighted by molar-refractivity contribution is 0.365. The minimum atomic E-state index is 0.432. The molecule has 0 fully saturated rings. The highest BCUT2D eigenvalue weighted by Crippen LogP contribution is 2.38. The van der Waals surface area contributed by atoms with Crippen LogP contribution in [0.25, 0.3) is 28.5 Å². The van der Waals surface area contributed by atoms with Crippen molar-refractivity contribution in [2.24, 2.45) is 0 Å². The van der Waals surface area contributed by atoms with Gasteiger partial charge < -0.3 is 18.7 Å². The molecule has 9 heteroatoms. The van der Waals surface area contributed by atoms with Crippen LogP contribution in [0.4, 0.5) is 0 Å². The van der Waals surface area contributed by atoms with E-state index >= 15 is 0 Å². The Morgan fingerprint density at radius 1 is 1.23 bits per heavy atom. The van der Waals surface area contributed by atoms with E-state index in [1.165, 1.54) is 0 Å². The lowest BCUT2D eigenvalue weighted by Gasteiger charge is -2.11. The van der Waals surface area contributed by atoms with Gasteiger partial charge in [0.2, 0.25) is 0 Å². The summed E-state index contributed by atoms with van der Waals surface area (Å²) >= 11 is 0. The molecule has 5 rings (SSSR count). The van der Waals surface area contributed by atoms with Crippen molar-refractivity contribution in [3.8, 4) is 34.3 Å². The minimum absolute atomic E-state index is 0.432. The average molecular weight is 405 g/mol. The quantitative estimate of drug-likeness (QED) is 0.444. The van der Waals surface area contributed by atoms with E-state index in [-0.39, 0.29) is 0 Å². The molecule has 1 aromatic carbocycles. The Bertz CT molecular complexity index is 1220. The lowest BCUT2D eigenvalue weighted by atomic mass is 10.0. The molecule has 0 saturated carbocycles. The molecule has 4 aromatic rings. The molecule has 4 heterocycles. The maximum Gasteiger partial charge on any atom is 0.278 e. The minimum Gasteiger partial charge on any atom is -0.497 e. The third-order valence-corrected chi connectivity index (χ3v) is 5.23. The Morgan fingerprint density at radius 2 is 2.10 bits per heavy atom. The molecule has 0 radical (unpaired) electrons. The highest BCUT2D eigenvalue weighted by atomic mass is 16.5. The molecule has 0 saturated heterocycles. The molecule has 0 aliphatic carbocycles. The monoisotopic (exact) mass is 405 g/mol. The smallest absolute Gasteiger partial charge is 0.278 e. The van der Waals surface area contributed by atoms with E-state index in [1.807, 2.05) is 48.2 Å². The zero-order valence-corrected chi connectivity index (χ0v) is 17.5. The van der Waals surface area contributed by atoms with E-state index < -0.39 is 0 Å². The number of rotatable bonds is 5. The largest absolute Gasteiger partial charge is 0.497 e. The van der Waals surface area contributed by atoms with Crippen molar-refractivity contribution in [3.05, 3.63) is 47.8 Å². The van der Waals surface area contributed by atoms with Gasteiger partial charge in [-0.1, -0.05) is 5.16 Å². The van der Waals surface area contributed by atoms with Gasteiger partial charge in [-0.05, 0) is 39.2 Å². The first-order valence-corrected chi connectivity index (χ1v) is 9.86. The van der Waals surface area contributed by atoms with Crippen LogP contribution in [0.15, 0.2) is 35.2 Å². The van der Waals surface area contributed by atoms with Crippen molar-refractivity contribution in [3.63, 3.8) is 0 Å². The summed E-state index contributed by atoms with van der Waals surface area (Å²) in [6.45, 7) is 3.49. The van der Waals surface area contributed by atoms with Gasteiger partial charge in [-0.3, -0.25) is 4.68 Å². The number of methoxy groups -OCH3 is 1. The first kappa shape index (κ1) is 18.6. The fourth-order valence-electron chi connectivity index (χ4n) is 3.83. The molecular weight excluding hydrogens is 382 g/mol. The van der Waals surface area contributed by atoms with E-state index in [0.717, 1.165) is 40.5 Å². The zero-order valence-electron chi connectivity index (χ0n) is 17.5.